The average molecular weight is 276 g/mol. The molecule has 2 fully saturated rings. The Kier molecular flexibility index (Phi) is 2.59. The highest BCUT2D eigenvalue weighted by atomic mass is 35.5. The molecule has 3 nitrogen and oxygen atoms in total. The predicted octanol–water partition coefficient (Wildman–Crippen LogP) is 3.40. The Morgan fingerprint density at radius 3 is 2.89 bits per heavy atom. The third-order valence-corrected chi connectivity index (χ3v) is 4.90. The third-order valence-electron chi connectivity index (χ3n) is 4.71. The van der Waals surface area contributed by atoms with Gasteiger partial charge in [-0.3, -0.25) is 0 Å². The number of imidazole rings is 1. The summed E-state index contributed by atoms with van der Waals surface area (Å²) in [6.07, 6.45) is 8.30. The summed E-state index contributed by atoms with van der Waals surface area (Å²) in [5.41, 5.74) is 2.61. The standard InChI is InChI=1S/C15H18ClN3/c16-8-5-13-18-12-2-1-9-17-14(12)19(13)10-15(6-7-15)11-3-4-11/h1-2,9,11H,3-8,10H2. The summed E-state index contributed by atoms with van der Waals surface area (Å²) in [6.45, 7) is 1.09. The lowest BCUT2D eigenvalue weighted by molar-refractivity contribution is 0.368. The summed E-state index contributed by atoms with van der Waals surface area (Å²) < 4.78 is 2.34. The van der Waals surface area contributed by atoms with E-state index in [1.54, 1.807) is 0 Å². The van der Waals surface area contributed by atoms with E-state index in [0.717, 1.165) is 35.9 Å². The number of fused-ring (bicyclic) bond motifs is 1. The zero-order valence-electron chi connectivity index (χ0n) is 11.0. The molecule has 0 radical (unpaired) electrons. The highest BCUT2D eigenvalue weighted by molar-refractivity contribution is 6.17. The van der Waals surface area contributed by atoms with Gasteiger partial charge < -0.3 is 4.57 Å². The number of aryl methyl sites for hydroxylation is 1. The average Bonchev–Trinajstić information content (AvgIpc) is 3.30. The first-order valence-electron chi connectivity index (χ1n) is 7.18. The maximum Gasteiger partial charge on any atom is 0.160 e. The SMILES string of the molecule is ClCCc1nc2cccnc2n1CC1(C2CC2)CC1. The Labute approximate surface area is 118 Å². The largest absolute Gasteiger partial charge is 0.312 e. The molecule has 4 heteroatoms. The van der Waals surface area contributed by atoms with E-state index in [9.17, 15) is 0 Å². The number of halogens is 1. The van der Waals surface area contributed by atoms with E-state index in [4.69, 9.17) is 16.6 Å². The minimum absolute atomic E-state index is 0.562. The number of alkyl halides is 1. The van der Waals surface area contributed by atoms with Gasteiger partial charge in [-0.1, -0.05) is 0 Å². The number of rotatable bonds is 5. The normalized spacial score (nSPS) is 20.9. The van der Waals surface area contributed by atoms with Gasteiger partial charge in [-0.15, -0.1) is 11.6 Å². The van der Waals surface area contributed by atoms with E-state index in [-0.39, 0.29) is 0 Å². The fourth-order valence-electron chi connectivity index (χ4n) is 3.31. The van der Waals surface area contributed by atoms with E-state index in [2.05, 4.69) is 9.55 Å². The van der Waals surface area contributed by atoms with Crippen molar-refractivity contribution < 1.29 is 0 Å². The molecule has 0 bridgehead atoms. The van der Waals surface area contributed by atoms with Crippen LogP contribution in [0.3, 0.4) is 0 Å². The van der Waals surface area contributed by atoms with Crippen molar-refractivity contribution in [2.45, 2.75) is 38.6 Å². The van der Waals surface area contributed by atoms with Gasteiger partial charge in [0.05, 0.1) is 0 Å². The molecule has 2 heterocycles. The lowest BCUT2D eigenvalue weighted by Crippen LogP contribution is -2.16. The molecule has 2 aromatic heterocycles. The van der Waals surface area contributed by atoms with Gasteiger partial charge in [0.25, 0.3) is 0 Å². The number of hydrogen-bond donors (Lipinski definition) is 0. The van der Waals surface area contributed by atoms with Crippen molar-refractivity contribution in [2.24, 2.45) is 11.3 Å². The topological polar surface area (TPSA) is 30.7 Å². The molecule has 2 saturated carbocycles. The first-order valence-corrected chi connectivity index (χ1v) is 7.72. The summed E-state index contributed by atoms with van der Waals surface area (Å²) in [4.78, 5) is 9.24. The van der Waals surface area contributed by atoms with Gasteiger partial charge in [-0.05, 0) is 49.1 Å². The molecule has 0 spiro atoms. The van der Waals surface area contributed by atoms with Gasteiger partial charge in [-0.2, -0.15) is 0 Å². The Bertz CT molecular complexity index is 611. The van der Waals surface area contributed by atoms with Gasteiger partial charge >= 0.3 is 0 Å². The van der Waals surface area contributed by atoms with Crippen LogP contribution in [0.2, 0.25) is 0 Å². The molecule has 0 N–H and O–H groups in total. The van der Waals surface area contributed by atoms with Crippen LogP contribution >= 0.6 is 11.6 Å². The van der Waals surface area contributed by atoms with Crippen molar-refractivity contribution in [3.05, 3.63) is 24.2 Å². The van der Waals surface area contributed by atoms with Gasteiger partial charge in [0.15, 0.2) is 5.65 Å². The van der Waals surface area contributed by atoms with Crippen molar-refractivity contribution in [1.82, 2.24) is 14.5 Å². The highest BCUT2D eigenvalue weighted by Gasteiger charge is 2.54. The molecule has 0 atom stereocenters. The van der Waals surface area contributed by atoms with Crippen LogP contribution in [0.1, 0.15) is 31.5 Å². The lowest BCUT2D eigenvalue weighted by Gasteiger charge is -2.17. The fourth-order valence-corrected chi connectivity index (χ4v) is 3.48. The molecule has 0 amide bonds. The summed E-state index contributed by atoms with van der Waals surface area (Å²) >= 11 is 5.92. The summed E-state index contributed by atoms with van der Waals surface area (Å²) in [7, 11) is 0. The fraction of sp³-hybridized carbons (Fsp3) is 0.600. The first kappa shape index (κ1) is 11.7. The van der Waals surface area contributed by atoms with E-state index < -0.39 is 0 Å². The summed E-state index contributed by atoms with van der Waals surface area (Å²) in [6, 6.07) is 4.01. The number of nitrogens with zero attached hydrogens (tertiary/aromatic N) is 3. The lowest BCUT2D eigenvalue weighted by atomic mass is 10.0. The molecular formula is C15H18ClN3. The van der Waals surface area contributed by atoms with Crippen molar-refractivity contribution in [1.29, 1.82) is 0 Å². The Balaban J connectivity index is 1.75. The van der Waals surface area contributed by atoms with Gasteiger partial charge in [0, 0.05) is 25.0 Å². The third kappa shape index (κ3) is 1.95. The number of hydrogen-bond acceptors (Lipinski definition) is 2. The van der Waals surface area contributed by atoms with Crippen LogP contribution in [0.15, 0.2) is 18.3 Å². The minimum atomic E-state index is 0.562. The zero-order valence-corrected chi connectivity index (χ0v) is 11.7. The second-order valence-corrected chi connectivity index (χ2v) is 6.41. The minimum Gasteiger partial charge on any atom is -0.312 e. The predicted molar refractivity (Wildman–Crippen MR) is 76.3 cm³/mol. The van der Waals surface area contributed by atoms with Crippen LogP contribution in [-0.4, -0.2) is 20.4 Å². The number of pyridine rings is 1. The van der Waals surface area contributed by atoms with Crippen molar-refractivity contribution in [2.75, 3.05) is 5.88 Å². The van der Waals surface area contributed by atoms with Gasteiger partial charge in [0.2, 0.25) is 0 Å². The van der Waals surface area contributed by atoms with Crippen LogP contribution in [-0.2, 0) is 13.0 Å². The smallest absolute Gasteiger partial charge is 0.160 e. The van der Waals surface area contributed by atoms with Gasteiger partial charge in [0.1, 0.15) is 11.3 Å². The number of aromatic nitrogens is 3. The molecule has 0 saturated heterocycles. The molecule has 2 aliphatic carbocycles. The highest BCUT2D eigenvalue weighted by Crippen LogP contribution is 2.62. The quantitative estimate of drug-likeness (QED) is 0.783. The van der Waals surface area contributed by atoms with E-state index >= 15 is 0 Å². The van der Waals surface area contributed by atoms with E-state index in [0.29, 0.717) is 11.3 Å². The van der Waals surface area contributed by atoms with Crippen LogP contribution in [0, 0.1) is 11.3 Å². The van der Waals surface area contributed by atoms with Crippen LogP contribution in [0.5, 0.6) is 0 Å². The molecular weight excluding hydrogens is 258 g/mol. The zero-order chi connectivity index (χ0) is 12.9. The van der Waals surface area contributed by atoms with Crippen LogP contribution in [0.4, 0.5) is 0 Å². The Hall–Kier alpha value is -1.09. The Morgan fingerprint density at radius 2 is 2.21 bits per heavy atom. The molecule has 19 heavy (non-hydrogen) atoms. The maximum absolute atomic E-state index is 5.92. The molecule has 0 aliphatic heterocycles. The van der Waals surface area contributed by atoms with Crippen molar-refractivity contribution in [3.63, 3.8) is 0 Å². The second-order valence-electron chi connectivity index (χ2n) is 6.04. The molecule has 4 rings (SSSR count). The molecule has 0 unspecified atom stereocenters. The maximum atomic E-state index is 5.92. The molecule has 0 aromatic carbocycles. The van der Waals surface area contributed by atoms with Crippen LogP contribution in [0.25, 0.3) is 11.2 Å². The second kappa shape index (κ2) is 4.20. The van der Waals surface area contributed by atoms with E-state index in [1.807, 2.05) is 18.3 Å². The molecule has 100 valence electrons. The van der Waals surface area contributed by atoms with Crippen LogP contribution < -0.4 is 0 Å². The van der Waals surface area contributed by atoms with Crippen molar-refractivity contribution in [3.8, 4) is 0 Å². The first-order chi connectivity index (χ1) is 9.32. The van der Waals surface area contributed by atoms with E-state index in [1.165, 1.54) is 25.7 Å². The summed E-state index contributed by atoms with van der Waals surface area (Å²) in [5.74, 6) is 2.69. The molecule has 2 aliphatic rings. The van der Waals surface area contributed by atoms with Crippen molar-refractivity contribution >= 4 is 22.8 Å². The molecule has 2 aromatic rings. The van der Waals surface area contributed by atoms with Gasteiger partial charge in [-0.25, -0.2) is 9.97 Å². The monoisotopic (exact) mass is 275 g/mol. The summed E-state index contributed by atoms with van der Waals surface area (Å²) in [5, 5.41) is 0. The Morgan fingerprint density at radius 1 is 1.37 bits per heavy atom.